The first-order chi connectivity index (χ1) is 12.6. The van der Waals surface area contributed by atoms with E-state index in [0.29, 0.717) is 23.5 Å². The van der Waals surface area contributed by atoms with Gasteiger partial charge in [0.15, 0.2) is 0 Å². The van der Waals surface area contributed by atoms with E-state index in [4.69, 9.17) is 0 Å². The molecule has 3 aromatic rings. The number of amides is 2. The fourth-order valence-electron chi connectivity index (χ4n) is 2.38. The predicted octanol–water partition coefficient (Wildman–Crippen LogP) is 3.30. The number of hydrogen-bond donors (Lipinski definition) is 2. The van der Waals surface area contributed by atoms with Gasteiger partial charge < -0.3 is 15.2 Å². The summed E-state index contributed by atoms with van der Waals surface area (Å²) in [5.74, 6) is -0.979. The summed E-state index contributed by atoms with van der Waals surface area (Å²) in [6.45, 7) is 0.519. The van der Waals surface area contributed by atoms with Crippen molar-refractivity contribution >= 4 is 23.2 Å². The van der Waals surface area contributed by atoms with Crippen LogP contribution in [0.3, 0.4) is 0 Å². The first-order valence-corrected chi connectivity index (χ1v) is 8.03. The highest BCUT2D eigenvalue weighted by molar-refractivity contribution is 6.05. The van der Waals surface area contributed by atoms with Gasteiger partial charge in [0, 0.05) is 42.3 Å². The molecule has 2 amide bonds. The smallest absolute Gasteiger partial charge is 0.255 e. The van der Waals surface area contributed by atoms with Gasteiger partial charge >= 0.3 is 0 Å². The van der Waals surface area contributed by atoms with Gasteiger partial charge in [0.1, 0.15) is 5.82 Å². The predicted molar refractivity (Wildman–Crippen MR) is 96.3 cm³/mol. The van der Waals surface area contributed by atoms with Crippen molar-refractivity contribution in [3.05, 3.63) is 78.6 Å². The molecule has 0 aliphatic carbocycles. The number of imidazole rings is 1. The summed E-state index contributed by atoms with van der Waals surface area (Å²) in [5, 5.41) is 5.38. The minimum Gasteiger partial charge on any atom is -0.337 e. The van der Waals surface area contributed by atoms with Crippen LogP contribution in [0.5, 0.6) is 0 Å². The number of nitrogens with zero attached hydrogens (tertiary/aromatic N) is 2. The molecule has 26 heavy (non-hydrogen) atoms. The number of carbonyl (C=O) groups is 2. The second-order valence-electron chi connectivity index (χ2n) is 5.64. The molecule has 0 saturated heterocycles. The molecule has 0 radical (unpaired) electrons. The van der Waals surface area contributed by atoms with Gasteiger partial charge in [-0.2, -0.15) is 0 Å². The number of rotatable bonds is 6. The van der Waals surface area contributed by atoms with Gasteiger partial charge in [0.25, 0.3) is 5.91 Å². The monoisotopic (exact) mass is 352 g/mol. The molecule has 132 valence electrons. The van der Waals surface area contributed by atoms with Gasteiger partial charge in [-0.25, -0.2) is 9.37 Å². The van der Waals surface area contributed by atoms with Crippen LogP contribution in [-0.4, -0.2) is 21.4 Å². The zero-order valence-electron chi connectivity index (χ0n) is 13.9. The molecule has 0 spiro atoms. The second kappa shape index (κ2) is 8.06. The number of benzene rings is 2. The third-order valence-corrected chi connectivity index (χ3v) is 3.65. The molecule has 6 nitrogen and oxygen atoms in total. The average molecular weight is 352 g/mol. The van der Waals surface area contributed by atoms with E-state index in [1.165, 1.54) is 18.2 Å². The Kier molecular flexibility index (Phi) is 5.38. The molecule has 7 heteroatoms. The maximum absolute atomic E-state index is 13.2. The van der Waals surface area contributed by atoms with Crippen LogP contribution in [0.1, 0.15) is 16.8 Å². The highest BCUT2D eigenvalue weighted by Crippen LogP contribution is 2.15. The van der Waals surface area contributed by atoms with Crippen LogP contribution in [0.2, 0.25) is 0 Å². The Morgan fingerprint density at radius 3 is 2.54 bits per heavy atom. The van der Waals surface area contributed by atoms with E-state index in [1.54, 1.807) is 49.1 Å². The van der Waals surface area contributed by atoms with E-state index in [-0.39, 0.29) is 18.2 Å². The summed E-state index contributed by atoms with van der Waals surface area (Å²) in [4.78, 5) is 28.2. The Bertz CT molecular complexity index is 909. The first-order valence-electron chi connectivity index (χ1n) is 8.03. The van der Waals surface area contributed by atoms with E-state index in [9.17, 15) is 14.0 Å². The molecular weight excluding hydrogens is 335 g/mol. The third kappa shape index (κ3) is 4.76. The Balaban J connectivity index is 1.60. The molecular formula is C19H17FN4O2. The maximum Gasteiger partial charge on any atom is 0.255 e. The minimum absolute atomic E-state index is 0.165. The highest BCUT2D eigenvalue weighted by Gasteiger charge is 2.09. The second-order valence-corrected chi connectivity index (χ2v) is 5.64. The quantitative estimate of drug-likeness (QED) is 0.715. The SMILES string of the molecule is O=C(CCn1ccnc1)Nc1cccc(C(=O)Nc2cccc(F)c2)c1. The van der Waals surface area contributed by atoms with Crippen LogP contribution >= 0.6 is 0 Å². The lowest BCUT2D eigenvalue weighted by atomic mass is 10.1. The largest absolute Gasteiger partial charge is 0.337 e. The fraction of sp³-hybridized carbons (Fsp3) is 0.105. The summed E-state index contributed by atoms with van der Waals surface area (Å²) >= 11 is 0. The Morgan fingerprint density at radius 2 is 1.81 bits per heavy atom. The zero-order chi connectivity index (χ0) is 18.4. The zero-order valence-corrected chi connectivity index (χ0v) is 13.9. The normalized spacial score (nSPS) is 10.3. The van der Waals surface area contributed by atoms with Crippen molar-refractivity contribution in [3.8, 4) is 0 Å². The van der Waals surface area contributed by atoms with E-state index in [2.05, 4.69) is 15.6 Å². The van der Waals surface area contributed by atoms with E-state index in [0.717, 1.165) is 0 Å². The van der Waals surface area contributed by atoms with Crippen LogP contribution in [0.25, 0.3) is 0 Å². The van der Waals surface area contributed by atoms with Crippen molar-refractivity contribution in [1.82, 2.24) is 9.55 Å². The number of aromatic nitrogens is 2. The summed E-state index contributed by atoms with van der Waals surface area (Å²) in [5.41, 5.74) is 1.25. The first kappa shape index (κ1) is 17.3. The molecule has 0 unspecified atom stereocenters. The van der Waals surface area contributed by atoms with Crippen molar-refractivity contribution in [1.29, 1.82) is 0 Å². The molecule has 0 fully saturated rings. The number of nitrogens with one attached hydrogen (secondary N) is 2. The van der Waals surface area contributed by atoms with Crippen LogP contribution in [-0.2, 0) is 11.3 Å². The number of hydrogen-bond acceptors (Lipinski definition) is 3. The van der Waals surface area contributed by atoms with Crippen LogP contribution in [0, 0.1) is 5.82 Å². The molecule has 0 saturated carbocycles. The molecule has 0 aliphatic rings. The van der Waals surface area contributed by atoms with E-state index < -0.39 is 5.82 Å². The third-order valence-electron chi connectivity index (χ3n) is 3.65. The summed E-state index contributed by atoms with van der Waals surface area (Å²) in [6, 6.07) is 12.2. The minimum atomic E-state index is -0.429. The number of halogens is 1. The van der Waals surface area contributed by atoms with Gasteiger partial charge in [-0.15, -0.1) is 0 Å². The van der Waals surface area contributed by atoms with Gasteiger partial charge in [-0.05, 0) is 36.4 Å². The highest BCUT2D eigenvalue weighted by atomic mass is 19.1. The van der Waals surface area contributed by atoms with Gasteiger partial charge in [0.05, 0.1) is 6.33 Å². The lowest BCUT2D eigenvalue weighted by Gasteiger charge is -2.09. The Hall–Kier alpha value is -3.48. The van der Waals surface area contributed by atoms with Crippen LogP contribution in [0.15, 0.2) is 67.3 Å². The molecule has 0 bridgehead atoms. The van der Waals surface area contributed by atoms with Crippen molar-refractivity contribution in [2.75, 3.05) is 10.6 Å². The number of aryl methyl sites for hydroxylation is 1. The van der Waals surface area contributed by atoms with Gasteiger partial charge in [-0.1, -0.05) is 12.1 Å². The molecule has 1 heterocycles. The van der Waals surface area contributed by atoms with Crippen molar-refractivity contribution in [2.45, 2.75) is 13.0 Å². The molecule has 1 aromatic heterocycles. The Labute approximate surface area is 149 Å². The molecule has 0 aliphatic heterocycles. The fourth-order valence-corrected chi connectivity index (χ4v) is 2.38. The molecule has 2 N–H and O–H groups in total. The Morgan fingerprint density at radius 1 is 1.04 bits per heavy atom. The topological polar surface area (TPSA) is 76.0 Å². The standard InChI is InChI=1S/C19H17FN4O2/c20-15-4-2-6-17(12-15)23-19(26)14-3-1-5-16(11-14)22-18(25)7-9-24-10-8-21-13-24/h1-6,8,10-13H,7,9H2,(H,22,25)(H,23,26). The van der Waals surface area contributed by atoms with Crippen LogP contribution < -0.4 is 10.6 Å². The molecule has 3 rings (SSSR count). The van der Waals surface area contributed by atoms with Crippen LogP contribution in [0.4, 0.5) is 15.8 Å². The van der Waals surface area contributed by atoms with E-state index >= 15 is 0 Å². The van der Waals surface area contributed by atoms with Gasteiger partial charge in [-0.3, -0.25) is 9.59 Å². The van der Waals surface area contributed by atoms with Crippen molar-refractivity contribution in [2.24, 2.45) is 0 Å². The number of anilines is 2. The lowest BCUT2D eigenvalue weighted by molar-refractivity contribution is -0.116. The lowest BCUT2D eigenvalue weighted by Crippen LogP contribution is -2.15. The summed E-state index contributed by atoms with van der Waals surface area (Å²) in [7, 11) is 0. The summed E-state index contributed by atoms with van der Waals surface area (Å²) < 4.78 is 15.0. The number of carbonyl (C=O) groups excluding carboxylic acids is 2. The maximum atomic E-state index is 13.2. The van der Waals surface area contributed by atoms with E-state index in [1.807, 2.05) is 4.57 Å². The van der Waals surface area contributed by atoms with Crippen molar-refractivity contribution in [3.63, 3.8) is 0 Å². The van der Waals surface area contributed by atoms with Crippen molar-refractivity contribution < 1.29 is 14.0 Å². The average Bonchev–Trinajstić information content (AvgIpc) is 3.14. The molecule has 0 atom stereocenters. The van der Waals surface area contributed by atoms with Gasteiger partial charge in [0.2, 0.25) is 5.91 Å². The molecule has 2 aromatic carbocycles. The summed E-state index contributed by atoms with van der Waals surface area (Å²) in [6.07, 6.45) is 5.37.